The Morgan fingerprint density at radius 1 is 1.06 bits per heavy atom. The fourth-order valence-electron chi connectivity index (χ4n) is 3.55. The molecule has 2 aromatic carbocycles. The lowest BCUT2D eigenvalue weighted by atomic mass is 10.0. The molecular weight excluding hydrogens is 478 g/mol. The lowest BCUT2D eigenvalue weighted by molar-refractivity contribution is 0.592. The molecule has 0 amide bonds. The number of hydrogen-bond donors (Lipinski definition) is 1. The molecule has 33 heavy (non-hydrogen) atoms. The Bertz CT molecular complexity index is 1560. The van der Waals surface area contributed by atoms with Crippen molar-refractivity contribution in [2.75, 3.05) is 5.32 Å². The van der Waals surface area contributed by atoms with Gasteiger partial charge in [0.15, 0.2) is 5.65 Å². The van der Waals surface area contributed by atoms with Crippen molar-refractivity contribution in [1.82, 2.24) is 19.8 Å². The van der Waals surface area contributed by atoms with Crippen LogP contribution in [0.2, 0.25) is 5.02 Å². The summed E-state index contributed by atoms with van der Waals surface area (Å²) in [7, 11) is -3.90. The van der Waals surface area contributed by atoms with Crippen LogP contribution < -0.4 is 5.32 Å². The van der Waals surface area contributed by atoms with Gasteiger partial charge in [-0.05, 0) is 52.8 Å². The van der Waals surface area contributed by atoms with Crippen LogP contribution in [-0.2, 0) is 16.4 Å². The molecule has 1 N–H and O–H groups in total. The van der Waals surface area contributed by atoms with Crippen LogP contribution in [0.25, 0.3) is 15.9 Å². The zero-order chi connectivity index (χ0) is 23.2. The van der Waals surface area contributed by atoms with Gasteiger partial charge in [0.1, 0.15) is 5.82 Å². The maximum absolute atomic E-state index is 13.4. The molecule has 0 unspecified atom stereocenters. The molecule has 5 aromatic rings. The number of nitrogens with zero attached hydrogens (tertiary/aromatic N) is 4. The van der Waals surface area contributed by atoms with E-state index in [0.717, 1.165) is 21.3 Å². The highest BCUT2D eigenvalue weighted by Gasteiger charge is 2.27. The summed E-state index contributed by atoms with van der Waals surface area (Å²) >= 11 is 7.47. The van der Waals surface area contributed by atoms with Gasteiger partial charge in [0.25, 0.3) is 0 Å². The lowest BCUT2D eigenvalue weighted by Gasteiger charge is -2.09. The van der Waals surface area contributed by atoms with Gasteiger partial charge in [0, 0.05) is 11.6 Å². The second-order valence-corrected chi connectivity index (χ2v) is 11.2. The van der Waals surface area contributed by atoms with Gasteiger partial charge in [-0.15, -0.1) is 16.4 Å². The third kappa shape index (κ3) is 3.96. The number of rotatable bonds is 6. The SMILES string of the molecule is CC(C)c1ccc(S(=O)(=O)c2nnn3c2nc(NCc2ccc(Cl)cc2)c2sccc23)cc1. The van der Waals surface area contributed by atoms with Crippen LogP contribution in [0.4, 0.5) is 5.82 Å². The van der Waals surface area contributed by atoms with Crippen LogP contribution in [0.3, 0.4) is 0 Å². The molecular formula is C23H20ClN5O2S2. The molecule has 0 saturated heterocycles. The summed E-state index contributed by atoms with van der Waals surface area (Å²) in [5, 5.41) is 13.9. The summed E-state index contributed by atoms with van der Waals surface area (Å²) in [6.07, 6.45) is 0. The van der Waals surface area contributed by atoms with E-state index in [1.807, 2.05) is 47.8 Å². The maximum atomic E-state index is 13.4. The molecule has 0 atom stereocenters. The van der Waals surface area contributed by atoms with Crippen molar-refractivity contribution >= 4 is 54.5 Å². The first-order valence-electron chi connectivity index (χ1n) is 10.3. The first kappa shape index (κ1) is 21.8. The maximum Gasteiger partial charge on any atom is 0.229 e. The Labute approximate surface area is 200 Å². The summed E-state index contributed by atoms with van der Waals surface area (Å²) in [5.74, 6) is 0.885. The second-order valence-electron chi connectivity index (χ2n) is 7.93. The summed E-state index contributed by atoms with van der Waals surface area (Å²) in [6.45, 7) is 4.63. The molecule has 0 aliphatic heterocycles. The molecule has 7 nitrogen and oxygen atoms in total. The van der Waals surface area contributed by atoms with Crippen molar-refractivity contribution in [1.29, 1.82) is 0 Å². The Hall–Kier alpha value is -3.01. The number of aromatic nitrogens is 4. The largest absolute Gasteiger partial charge is 0.365 e. The van der Waals surface area contributed by atoms with Crippen LogP contribution >= 0.6 is 22.9 Å². The summed E-state index contributed by atoms with van der Waals surface area (Å²) in [4.78, 5) is 4.80. The predicted octanol–water partition coefficient (Wildman–Crippen LogP) is 5.56. The van der Waals surface area contributed by atoms with Gasteiger partial charge in [0.2, 0.25) is 14.9 Å². The number of thiophene rings is 1. The van der Waals surface area contributed by atoms with E-state index < -0.39 is 9.84 Å². The van der Waals surface area contributed by atoms with Crippen LogP contribution in [0.15, 0.2) is 69.9 Å². The zero-order valence-electron chi connectivity index (χ0n) is 17.9. The zero-order valence-corrected chi connectivity index (χ0v) is 20.2. The van der Waals surface area contributed by atoms with Crippen molar-refractivity contribution in [3.63, 3.8) is 0 Å². The second kappa shape index (κ2) is 8.40. The van der Waals surface area contributed by atoms with Gasteiger partial charge in [-0.25, -0.2) is 13.4 Å². The molecule has 0 saturated carbocycles. The molecule has 0 aliphatic rings. The number of sulfone groups is 1. The molecule has 10 heteroatoms. The van der Waals surface area contributed by atoms with Gasteiger partial charge in [-0.3, -0.25) is 0 Å². The quantitative estimate of drug-likeness (QED) is 0.330. The number of benzene rings is 2. The van der Waals surface area contributed by atoms with Gasteiger partial charge in [-0.2, -0.15) is 4.52 Å². The number of anilines is 1. The van der Waals surface area contributed by atoms with E-state index in [-0.39, 0.29) is 15.6 Å². The van der Waals surface area contributed by atoms with Gasteiger partial charge in [-0.1, -0.05) is 54.9 Å². The predicted molar refractivity (Wildman–Crippen MR) is 131 cm³/mol. The Kier molecular flexibility index (Phi) is 5.55. The van der Waals surface area contributed by atoms with E-state index in [1.165, 1.54) is 15.9 Å². The van der Waals surface area contributed by atoms with Crippen LogP contribution in [0.5, 0.6) is 0 Å². The molecule has 5 rings (SSSR count). The average molecular weight is 498 g/mol. The van der Waals surface area contributed by atoms with E-state index in [4.69, 9.17) is 11.6 Å². The van der Waals surface area contributed by atoms with E-state index in [2.05, 4.69) is 34.5 Å². The number of hydrogen-bond acceptors (Lipinski definition) is 7. The third-order valence-electron chi connectivity index (χ3n) is 5.41. The molecule has 168 valence electrons. The van der Waals surface area contributed by atoms with Crippen LogP contribution in [0, 0.1) is 0 Å². The molecule has 3 heterocycles. The average Bonchev–Trinajstić information content (AvgIpc) is 3.46. The minimum absolute atomic E-state index is 0.164. The van der Waals surface area contributed by atoms with Crippen LogP contribution in [0.1, 0.15) is 30.9 Å². The number of fused-ring (bicyclic) bond motifs is 3. The minimum Gasteiger partial charge on any atom is -0.365 e. The van der Waals surface area contributed by atoms with Gasteiger partial charge in [0.05, 0.1) is 15.1 Å². The first-order valence-corrected chi connectivity index (χ1v) is 13.0. The number of halogens is 1. The van der Waals surface area contributed by atoms with Crippen molar-refractivity contribution in [3.8, 4) is 0 Å². The monoisotopic (exact) mass is 497 g/mol. The Morgan fingerprint density at radius 2 is 1.79 bits per heavy atom. The Balaban J connectivity index is 1.58. The van der Waals surface area contributed by atoms with Crippen molar-refractivity contribution < 1.29 is 8.42 Å². The van der Waals surface area contributed by atoms with E-state index in [1.54, 1.807) is 12.1 Å². The highest BCUT2D eigenvalue weighted by Crippen LogP contribution is 2.31. The van der Waals surface area contributed by atoms with Crippen LogP contribution in [-0.4, -0.2) is 28.2 Å². The first-order chi connectivity index (χ1) is 15.8. The van der Waals surface area contributed by atoms with Crippen molar-refractivity contribution in [2.24, 2.45) is 0 Å². The molecule has 0 fully saturated rings. The fraction of sp³-hybridized carbons (Fsp3) is 0.174. The van der Waals surface area contributed by atoms with E-state index >= 15 is 0 Å². The fourth-order valence-corrected chi connectivity index (χ4v) is 5.75. The number of nitrogens with one attached hydrogen (secondary N) is 1. The highest BCUT2D eigenvalue weighted by molar-refractivity contribution is 7.91. The smallest absolute Gasteiger partial charge is 0.229 e. The highest BCUT2D eigenvalue weighted by atomic mass is 35.5. The molecule has 0 radical (unpaired) electrons. The summed E-state index contributed by atoms with van der Waals surface area (Å²) in [5.41, 5.74) is 3.02. The standard InChI is InChI=1S/C23H20ClN5O2S2/c1-14(2)16-5-9-18(10-6-16)33(30,31)23-22-26-21(25-13-15-3-7-17(24)8-4-15)20-19(11-12-32-20)29(22)28-27-23/h3-12,14H,13H2,1-2H3,(H,25,26). The molecule has 3 aromatic heterocycles. The van der Waals surface area contributed by atoms with Crippen molar-refractivity contribution in [3.05, 3.63) is 76.1 Å². The summed E-state index contributed by atoms with van der Waals surface area (Å²) < 4.78 is 29.1. The third-order valence-corrected chi connectivity index (χ3v) is 8.24. The van der Waals surface area contributed by atoms with Gasteiger partial charge < -0.3 is 5.32 Å². The molecule has 0 aliphatic carbocycles. The van der Waals surface area contributed by atoms with E-state index in [0.29, 0.717) is 23.3 Å². The molecule has 0 bridgehead atoms. The minimum atomic E-state index is -3.90. The van der Waals surface area contributed by atoms with Crippen molar-refractivity contribution in [2.45, 2.75) is 36.2 Å². The lowest BCUT2D eigenvalue weighted by Crippen LogP contribution is -2.07. The normalized spacial score (nSPS) is 12.1. The van der Waals surface area contributed by atoms with Gasteiger partial charge >= 0.3 is 0 Å². The summed E-state index contributed by atoms with van der Waals surface area (Å²) in [6, 6.07) is 16.3. The Morgan fingerprint density at radius 3 is 2.48 bits per heavy atom. The topological polar surface area (TPSA) is 89.2 Å². The molecule has 0 spiro atoms. The van der Waals surface area contributed by atoms with E-state index in [9.17, 15) is 8.42 Å².